The van der Waals surface area contributed by atoms with Crippen LogP contribution in [0, 0.1) is 0 Å². The SMILES string of the molecule is CCCCCCCCCCCCCCCCCCCCCCCCCCCCCCCCCCCCCCCC(=O)OC(COC(=O)CCCCCCCCCCCCCCCCCCCCCCC)COP(=O)([O-])OCC[N+](C)(C)C. The Bertz CT molecular complexity index is 1340. The van der Waals surface area contributed by atoms with Crippen molar-refractivity contribution in [2.75, 3.05) is 47.5 Å². The highest BCUT2D eigenvalue weighted by molar-refractivity contribution is 7.45. The van der Waals surface area contributed by atoms with Crippen LogP contribution in [0.5, 0.6) is 0 Å². The van der Waals surface area contributed by atoms with Gasteiger partial charge in [0.1, 0.15) is 19.8 Å². The molecule has 0 rings (SSSR count). The van der Waals surface area contributed by atoms with Gasteiger partial charge < -0.3 is 27.9 Å². The smallest absolute Gasteiger partial charge is 0.306 e. The molecule has 9 nitrogen and oxygen atoms in total. The lowest BCUT2D eigenvalue weighted by Gasteiger charge is -2.28. The number of phosphoric ester groups is 1. The Morgan fingerprint density at radius 3 is 0.780 bits per heavy atom. The molecular weight excluding hydrogens is 1040 g/mol. The Kier molecular flexibility index (Phi) is 63.7. The van der Waals surface area contributed by atoms with E-state index in [-0.39, 0.29) is 32.0 Å². The maximum atomic E-state index is 12.9. The van der Waals surface area contributed by atoms with Crippen molar-refractivity contribution < 1.29 is 42.1 Å². The monoisotopic (exact) mass is 1180 g/mol. The molecule has 0 aromatic heterocycles. The Hall–Kier alpha value is -0.990. The van der Waals surface area contributed by atoms with E-state index in [0.29, 0.717) is 17.4 Å². The predicted octanol–water partition coefficient (Wildman–Crippen LogP) is 23.1. The third-order valence-electron chi connectivity index (χ3n) is 17.1. The Labute approximate surface area is 512 Å². The summed E-state index contributed by atoms with van der Waals surface area (Å²) >= 11 is 0. The number of esters is 2. The quantitative estimate of drug-likeness (QED) is 0.0256. The van der Waals surface area contributed by atoms with Crippen LogP contribution in [-0.2, 0) is 32.7 Å². The second-order valence-electron chi connectivity index (χ2n) is 26.7. The molecule has 0 saturated heterocycles. The van der Waals surface area contributed by atoms with E-state index in [1.54, 1.807) is 0 Å². The number of nitrogens with zero attached hydrogens (tertiary/aromatic N) is 1. The molecular formula is C72H144NO8P. The van der Waals surface area contributed by atoms with Crippen LogP contribution in [0.1, 0.15) is 399 Å². The Morgan fingerprint density at radius 1 is 0.329 bits per heavy atom. The van der Waals surface area contributed by atoms with E-state index in [2.05, 4.69) is 13.8 Å². The normalized spacial score (nSPS) is 13.0. The third kappa shape index (κ3) is 68.1. The molecule has 0 amide bonds. The number of carbonyl (C=O) groups is 2. The highest BCUT2D eigenvalue weighted by atomic mass is 31.2. The van der Waals surface area contributed by atoms with Gasteiger partial charge in [-0.3, -0.25) is 14.2 Å². The van der Waals surface area contributed by atoms with Gasteiger partial charge in [0.25, 0.3) is 7.82 Å². The van der Waals surface area contributed by atoms with Crippen LogP contribution in [-0.4, -0.2) is 70.0 Å². The molecule has 0 aliphatic carbocycles. The van der Waals surface area contributed by atoms with Gasteiger partial charge in [0.15, 0.2) is 6.10 Å². The summed E-state index contributed by atoms with van der Waals surface area (Å²) in [4.78, 5) is 38.0. The van der Waals surface area contributed by atoms with Gasteiger partial charge in [-0.15, -0.1) is 0 Å². The van der Waals surface area contributed by atoms with Gasteiger partial charge in [-0.05, 0) is 12.8 Å². The first-order valence-electron chi connectivity index (χ1n) is 36.7. The average molecular weight is 1180 g/mol. The largest absolute Gasteiger partial charge is 0.756 e. The van der Waals surface area contributed by atoms with Crippen LogP contribution in [0.4, 0.5) is 0 Å². The van der Waals surface area contributed by atoms with Crippen molar-refractivity contribution in [1.82, 2.24) is 0 Å². The minimum Gasteiger partial charge on any atom is -0.756 e. The maximum Gasteiger partial charge on any atom is 0.306 e. The summed E-state index contributed by atoms with van der Waals surface area (Å²) in [5, 5.41) is 0. The number of rotatable bonds is 70. The molecule has 2 unspecified atom stereocenters. The van der Waals surface area contributed by atoms with Crippen molar-refractivity contribution in [1.29, 1.82) is 0 Å². The molecule has 0 aromatic rings. The zero-order valence-electron chi connectivity index (χ0n) is 56.0. The standard InChI is InChI=1S/C72H144NO8P/c1-6-8-10-12-14-16-18-20-22-24-26-28-29-30-31-32-33-34-35-36-37-38-39-40-41-42-43-45-47-49-51-53-55-57-59-61-63-65-72(75)81-70(69-80-82(76,77)79-67-66-73(3,4)5)68-78-71(74)64-62-60-58-56-54-52-50-48-46-44-27-25-23-21-19-17-15-13-11-9-7-2/h70H,6-69H2,1-5H3. The first-order chi connectivity index (χ1) is 40.0. The summed E-state index contributed by atoms with van der Waals surface area (Å²) in [6, 6.07) is 0. The lowest BCUT2D eigenvalue weighted by molar-refractivity contribution is -0.870. The molecule has 0 bridgehead atoms. The molecule has 0 N–H and O–H groups in total. The van der Waals surface area contributed by atoms with Crippen molar-refractivity contribution in [3.05, 3.63) is 0 Å². The summed E-state index contributed by atoms with van der Waals surface area (Å²) in [5.74, 6) is -0.804. The number of unbranched alkanes of at least 4 members (excludes halogenated alkanes) is 56. The van der Waals surface area contributed by atoms with Crippen molar-refractivity contribution in [2.45, 2.75) is 405 Å². The van der Waals surface area contributed by atoms with Crippen molar-refractivity contribution in [2.24, 2.45) is 0 Å². The first kappa shape index (κ1) is 81.0. The number of ether oxygens (including phenoxy) is 2. The van der Waals surface area contributed by atoms with Crippen molar-refractivity contribution in [3.8, 4) is 0 Å². The molecule has 0 saturated carbocycles. The molecule has 10 heteroatoms. The number of phosphoric acid groups is 1. The third-order valence-corrected chi connectivity index (χ3v) is 18.1. The minimum absolute atomic E-state index is 0.0248. The van der Waals surface area contributed by atoms with Gasteiger partial charge in [-0.2, -0.15) is 0 Å². The lowest BCUT2D eigenvalue weighted by atomic mass is 10.0. The van der Waals surface area contributed by atoms with Gasteiger partial charge in [0, 0.05) is 12.8 Å². The summed E-state index contributed by atoms with van der Waals surface area (Å²) < 4.78 is 34.3. The van der Waals surface area contributed by atoms with Crippen LogP contribution in [0.15, 0.2) is 0 Å². The predicted molar refractivity (Wildman–Crippen MR) is 352 cm³/mol. The summed E-state index contributed by atoms with van der Waals surface area (Å²) in [6.45, 7) is 4.34. The molecule has 0 fully saturated rings. The molecule has 0 aliphatic rings. The fraction of sp³-hybridized carbons (Fsp3) is 0.972. The fourth-order valence-corrected chi connectivity index (χ4v) is 12.2. The molecule has 0 aromatic carbocycles. The van der Waals surface area contributed by atoms with Crippen molar-refractivity contribution >= 4 is 19.8 Å². The Balaban J connectivity index is 3.89. The second kappa shape index (κ2) is 64.5. The number of quaternary nitrogens is 1. The summed E-state index contributed by atoms with van der Waals surface area (Å²) in [5.41, 5.74) is 0. The summed E-state index contributed by atoms with van der Waals surface area (Å²) in [6.07, 6.45) is 77.9. The van der Waals surface area contributed by atoms with E-state index >= 15 is 0 Å². The van der Waals surface area contributed by atoms with E-state index in [1.165, 1.54) is 334 Å². The molecule has 2 atom stereocenters. The molecule has 82 heavy (non-hydrogen) atoms. The van der Waals surface area contributed by atoms with Gasteiger partial charge >= 0.3 is 11.9 Å². The van der Waals surface area contributed by atoms with Crippen LogP contribution in [0.2, 0.25) is 0 Å². The van der Waals surface area contributed by atoms with Crippen LogP contribution in [0.25, 0.3) is 0 Å². The van der Waals surface area contributed by atoms with Crippen LogP contribution in [0.3, 0.4) is 0 Å². The second-order valence-corrected chi connectivity index (χ2v) is 28.1. The maximum absolute atomic E-state index is 12.9. The zero-order valence-corrected chi connectivity index (χ0v) is 56.9. The molecule has 0 heterocycles. The van der Waals surface area contributed by atoms with E-state index in [9.17, 15) is 19.0 Å². The number of carbonyl (C=O) groups excluding carboxylic acids is 2. The minimum atomic E-state index is -4.63. The van der Waals surface area contributed by atoms with Gasteiger partial charge in [-0.25, -0.2) is 0 Å². The van der Waals surface area contributed by atoms with Crippen LogP contribution < -0.4 is 4.89 Å². The van der Waals surface area contributed by atoms with E-state index < -0.39 is 26.5 Å². The van der Waals surface area contributed by atoms with Crippen LogP contribution >= 0.6 is 7.82 Å². The average Bonchev–Trinajstić information content (AvgIpc) is 3.46. The fourth-order valence-electron chi connectivity index (χ4n) is 11.5. The van der Waals surface area contributed by atoms with Gasteiger partial charge in [-0.1, -0.05) is 373 Å². The zero-order chi connectivity index (χ0) is 59.8. The lowest BCUT2D eigenvalue weighted by Crippen LogP contribution is -2.37. The van der Waals surface area contributed by atoms with Gasteiger partial charge in [0.2, 0.25) is 0 Å². The van der Waals surface area contributed by atoms with E-state index in [0.717, 1.165) is 32.1 Å². The Morgan fingerprint density at radius 2 is 0.549 bits per heavy atom. The number of hydrogen-bond donors (Lipinski definition) is 0. The van der Waals surface area contributed by atoms with E-state index in [1.807, 2.05) is 21.1 Å². The van der Waals surface area contributed by atoms with E-state index in [4.69, 9.17) is 18.5 Å². The van der Waals surface area contributed by atoms with Gasteiger partial charge in [0.05, 0.1) is 27.7 Å². The summed E-state index contributed by atoms with van der Waals surface area (Å²) in [7, 11) is 1.20. The highest BCUT2D eigenvalue weighted by Crippen LogP contribution is 2.38. The molecule has 0 spiro atoms. The first-order valence-corrected chi connectivity index (χ1v) is 38.2. The topological polar surface area (TPSA) is 111 Å². The van der Waals surface area contributed by atoms with Crippen molar-refractivity contribution in [3.63, 3.8) is 0 Å². The molecule has 0 radical (unpaired) electrons. The number of hydrogen-bond acceptors (Lipinski definition) is 8. The highest BCUT2D eigenvalue weighted by Gasteiger charge is 2.22. The molecule has 0 aliphatic heterocycles. The molecule has 490 valence electrons. The number of likely N-dealkylation sites (N-methyl/N-ethyl adjacent to an activating group) is 1.